The van der Waals surface area contributed by atoms with Crippen LogP contribution in [0.4, 0.5) is 11.4 Å². The van der Waals surface area contributed by atoms with E-state index in [0.29, 0.717) is 0 Å². The van der Waals surface area contributed by atoms with Crippen molar-refractivity contribution in [2.75, 3.05) is 50.1 Å². The Morgan fingerprint density at radius 3 is 2.32 bits per heavy atom. The monoisotopic (exact) mass is 424 g/mol. The zero-order valence-electron chi connectivity index (χ0n) is 18.5. The van der Waals surface area contributed by atoms with Gasteiger partial charge in [0.15, 0.2) is 0 Å². The summed E-state index contributed by atoms with van der Waals surface area (Å²) in [5.41, 5.74) is 2.91. The van der Waals surface area contributed by atoms with Crippen LogP contribution in [0.5, 0.6) is 0 Å². The predicted molar refractivity (Wildman–Crippen MR) is 123 cm³/mol. The van der Waals surface area contributed by atoms with Crippen LogP contribution in [0.3, 0.4) is 0 Å². The average molecular weight is 425 g/mol. The third-order valence-corrected chi connectivity index (χ3v) is 5.62. The van der Waals surface area contributed by atoms with E-state index in [-0.39, 0.29) is 24.4 Å². The fourth-order valence-corrected chi connectivity index (χ4v) is 3.50. The first-order valence-corrected chi connectivity index (χ1v) is 10.7. The van der Waals surface area contributed by atoms with Gasteiger partial charge >= 0.3 is 0 Å². The van der Waals surface area contributed by atoms with Gasteiger partial charge in [-0.15, -0.1) is 0 Å². The molecule has 1 aliphatic rings. The van der Waals surface area contributed by atoms with Gasteiger partial charge < -0.3 is 20.3 Å². The van der Waals surface area contributed by atoms with Crippen LogP contribution < -0.4 is 15.5 Å². The van der Waals surface area contributed by atoms with Crippen molar-refractivity contribution >= 4 is 23.2 Å². The number of ether oxygens (including phenoxy) is 1. The fourth-order valence-electron chi connectivity index (χ4n) is 3.50. The molecule has 31 heavy (non-hydrogen) atoms. The minimum atomic E-state index is -0.430. The normalized spacial score (nSPS) is 15.9. The van der Waals surface area contributed by atoms with Gasteiger partial charge in [-0.25, -0.2) is 0 Å². The molecule has 1 fully saturated rings. The van der Waals surface area contributed by atoms with Gasteiger partial charge in [-0.3, -0.25) is 14.5 Å². The molecule has 7 nitrogen and oxygen atoms in total. The van der Waals surface area contributed by atoms with Crippen LogP contribution in [0, 0.1) is 0 Å². The molecule has 2 aromatic rings. The predicted octanol–water partition coefficient (Wildman–Crippen LogP) is 2.66. The third kappa shape index (κ3) is 6.54. The molecule has 2 atom stereocenters. The lowest BCUT2D eigenvalue weighted by atomic mass is 10.1. The highest BCUT2D eigenvalue weighted by Gasteiger charge is 2.22. The molecule has 0 aromatic heterocycles. The summed E-state index contributed by atoms with van der Waals surface area (Å²) in [5, 5.41) is 5.92. The van der Waals surface area contributed by atoms with Crippen molar-refractivity contribution in [2.24, 2.45) is 0 Å². The maximum Gasteiger partial charge on any atom is 0.238 e. The topological polar surface area (TPSA) is 73.9 Å². The van der Waals surface area contributed by atoms with Gasteiger partial charge in [0.25, 0.3) is 0 Å². The molecule has 166 valence electrons. The number of carbonyl (C=O) groups excluding carboxylic acids is 2. The summed E-state index contributed by atoms with van der Waals surface area (Å²) in [7, 11) is 1.78. The number of carbonyl (C=O) groups is 2. The summed E-state index contributed by atoms with van der Waals surface area (Å²) in [4.78, 5) is 29.1. The Morgan fingerprint density at radius 1 is 1.03 bits per heavy atom. The van der Waals surface area contributed by atoms with Gasteiger partial charge in [0.05, 0.1) is 31.8 Å². The van der Waals surface area contributed by atoms with Gasteiger partial charge in [0.2, 0.25) is 11.8 Å². The van der Waals surface area contributed by atoms with Crippen molar-refractivity contribution in [3.63, 3.8) is 0 Å². The van der Waals surface area contributed by atoms with E-state index in [2.05, 4.69) is 15.5 Å². The number of benzene rings is 2. The number of nitrogens with one attached hydrogen (secondary N) is 2. The van der Waals surface area contributed by atoms with Gasteiger partial charge in [-0.1, -0.05) is 30.3 Å². The Morgan fingerprint density at radius 2 is 1.68 bits per heavy atom. The lowest BCUT2D eigenvalue weighted by molar-refractivity contribution is -0.127. The average Bonchev–Trinajstić information content (AvgIpc) is 2.80. The fraction of sp³-hybridized carbons (Fsp3) is 0.417. The molecular weight excluding hydrogens is 392 g/mol. The summed E-state index contributed by atoms with van der Waals surface area (Å²) in [5.74, 6) is -0.265. The third-order valence-electron chi connectivity index (χ3n) is 5.62. The summed E-state index contributed by atoms with van der Waals surface area (Å²) in [6.45, 7) is 7.10. The molecule has 0 bridgehead atoms. The lowest BCUT2D eigenvalue weighted by Gasteiger charge is -2.29. The van der Waals surface area contributed by atoms with Crippen LogP contribution in [0.15, 0.2) is 54.6 Å². The summed E-state index contributed by atoms with van der Waals surface area (Å²) in [6.07, 6.45) is 0. The van der Waals surface area contributed by atoms with E-state index in [1.54, 1.807) is 18.9 Å². The molecule has 0 aliphatic carbocycles. The van der Waals surface area contributed by atoms with Gasteiger partial charge in [0.1, 0.15) is 0 Å². The number of hydrogen-bond donors (Lipinski definition) is 2. The number of nitrogens with zero attached hydrogens (tertiary/aromatic N) is 2. The Labute approximate surface area is 184 Å². The number of morpholine rings is 1. The van der Waals surface area contributed by atoms with Crippen LogP contribution >= 0.6 is 0 Å². The minimum Gasteiger partial charge on any atom is -0.378 e. The number of likely N-dealkylation sites (N-methyl/N-ethyl adjacent to an activating group) is 1. The molecule has 2 amide bonds. The molecule has 2 N–H and O–H groups in total. The second kappa shape index (κ2) is 10.9. The quantitative estimate of drug-likeness (QED) is 0.682. The van der Waals surface area contributed by atoms with Crippen LogP contribution in [0.2, 0.25) is 0 Å². The van der Waals surface area contributed by atoms with Crippen molar-refractivity contribution in [1.82, 2.24) is 10.2 Å². The molecule has 0 saturated carbocycles. The van der Waals surface area contributed by atoms with Gasteiger partial charge in [0, 0.05) is 24.5 Å². The summed E-state index contributed by atoms with van der Waals surface area (Å²) < 4.78 is 5.38. The van der Waals surface area contributed by atoms with E-state index < -0.39 is 6.04 Å². The van der Waals surface area contributed by atoms with Crippen molar-refractivity contribution < 1.29 is 14.3 Å². The van der Waals surface area contributed by atoms with E-state index in [1.807, 2.05) is 61.5 Å². The lowest BCUT2D eigenvalue weighted by Crippen LogP contribution is -2.46. The number of anilines is 2. The Balaban J connectivity index is 1.47. The standard InChI is InChI=1S/C24H32N4O3/c1-18(20-7-5-4-6-8-20)25-24(30)19(2)27(3)17-23(29)26-21-9-11-22(12-10-21)28-13-15-31-16-14-28/h4-12,18-19H,13-17H2,1-3H3,(H,25,30)(H,26,29). The maximum atomic E-state index is 12.6. The van der Waals surface area contributed by atoms with Crippen molar-refractivity contribution in [3.05, 3.63) is 60.2 Å². The SMILES string of the molecule is CC(NC(=O)C(C)N(C)CC(=O)Nc1ccc(N2CCOCC2)cc1)c1ccccc1. The number of hydrogen-bond acceptors (Lipinski definition) is 5. The highest BCUT2D eigenvalue weighted by Crippen LogP contribution is 2.19. The van der Waals surface area contributed by atoms with Crippen LogP contribution in [-0.4, -0.2) is 62.7 Å². The van der Waals surface area contributed by atoms with E-state index in [4.69, 9.17) is 4.74 Å². The maximum absolute atomic E-state index is 12.6. The van der Waals surface area contributed by atoms with Crippen LogP contribution in [0.25, 0.3) is 0 Å². The van der Waals surface area contributed by atoms with E-state index in [0.717, 1.165) is 43.2 Å². The summed E-state index contributed by atoms with van der Waals surface area (Å²) in [6, 6.07) is 17.1. The molecule has 7 heteroatoms. The second-order valence-corrected chi connectivity index (χ2v) is 7.93. The largest absolute Gasteiger partial charge is 0.378 e. The zero-order valence-corrected chi connectivity index (χ0v) is 18.5. The van der Waals surface area contributed by atoms with E-state index >= 15 is 0 Å². The van der Waals surface area contributed by atoms with Gasteiger partial charge in [-0.2, -0.15) is 0 Å². The first kappa shape index (κ1) is 22.8. The molecule has 1 aliphatic heterocycles. The number of amides is 2. The molecule has 2 unspecified atom stereocenters. The molecule has 2 aromatic carbocycles. The van der Waals surface area contributed by atoms with E-state index in [1.165, 1.54) is 0 Å². The minimum absolute atomic E-state index is 0.0941. The van der Waals surface area contributed by atoms with Crippen LogP contribution in [0.1, 0.15) is 25.5 Å². The Hall–Kier alpha value is -2.90. The van der Waals surface area contributed by atoms with Crippen molar-refractivity contribution in [1.29, 1.82) is 0 Å². The second-order valence-electron chi connectivity index (χ2n) is 7.93. The molecule has 1 heterocycles. The first-order valence-electron chi connectivity index (χ1n) is 10.7. The van der Waals surface area contributed by atoms with Crippen LogP contribution in [-0.2, 0) is 14.3 Å². The molecular formula is C24H32N4O3. The highest BCUT2D eigenvalue weighted by molar-refractivity contribution is 5.93. The highest BCUT2D eigenvalue weighted by atomic mass is 16.5. The molecule has 0 spiro atoms. The Bertz CT molecular complexity index is 851. The molecule has 0 radical (unpaired) electrons. The smallest absolute Gasteiger partial charge is 0.238 e. The molecule has 1 saturated heterocycles. The molecule has 3 rings (SSSR count). The first-order chi connectivity index (χ1) is 14.9. The summed E-state index contributed by atoms with van der Waals surface area (Å²) >= 11 is 0. The van der Waals surface area contributed by atoms with Gasteiger partial charge in [-0.05, 0) is 50.7 Å². The zero-order chi connectivity index (χ0) is 22.2. The number of rotatable bonds is 8. The van der Waals surface area contributed by atoms with Crippen molar-refractivity contribution in [2.45, 2.75) is 25.9 Å². The van der Waals surface area contributed by atoms with Crippen molar-refractivity contribution in [3.8, 4) is 0 Å². The Kier molecular flexibility index (Phi) is 8.03. The van der Waals surface area contributed by atoms with E-state index in [9.17, 15) is 9.59 Å².